The van der Waals surface area contributed by atoms with Gasteiger partial charge >= 0.3 is 0 Å². The predicted octanol–water partition coefficient (Wildman–Crippen LogP) is 2.04. The van der Waals surface area contributed by atoms with Crippen molar-refractivity contribution in [1.82, 2.24) is 15.5 Å². The second kappa shape index (κ2) is 5.68. The summed E-state index contributed by atoms with van der Waals surface area (Å²) in [7, 11) is 1.90. The third-order valence-corrected chi connectivity index (χ3v) is 4.31. The molecule has 1 N–H and O–H groups in total. The van der Waals surface area contributed by atoms with Gasteiger partial charge in [-0.2, -0.15) is 16.7 Å². The molecule has 16 heavy (non-hydrogen) atoms. The molecular weight excluding hydrogens is 222 g/mol. The molecule has 0 aromatic carbocycles. The molecule has 90 valence electrons. The molecule has 0 radical (unpaired) electrons. The van der Waals surface area contributed by atoms with Crippen LogP contribution in [0.4, 0.5) is 0 Å². The van der Waals surface area contributed by atoms with E-state index in [1.54, 1.807) is 0 Å². The van der Waals surface area contributed by atoms with Crippen LogP contribution < -0.4 is 5.32 Å². The van der Waals surface area contributed by atoms with E-state index in [1.165, 1.54) is 24.3 Å². The number of aromatic nitrogens is 2. The molecule has 4 nitrogen and oxygen atoms in total. The topological polar surface area (TPSA) is 51.0 Å². The molecule has 0 saturated carbocycles. The summed E-state index contributed by atoms with van der Waals surface area (Å²) in [6.45, 7) is 2.03. The lowest BCUT2D eigenvalue weighted by Gasteiger charge is -2.19. The first kappa shape index (κ1) is 11.9. The highest BCUT2D eigenvalue weighted by molar-refractivity contribution is 7.99. The Morgan fingerprint density at radius 2 is 2.50 bits per heavy atom. The van der Waals surface area contributed by atoms with Gasteiger partial charge in [-0.3, -0.25) is 0 Å². The Balaban J connectivity index is 1.91. The van der Waals surface area contributed by atoms with Crippen molar-refractivity contribution in [2.45, 2.75) is 32.2 Å². The van der Waals surface area contributed by atoms with Gasteiger partial charge in [0.15, 0.2) is 5.82 Å². The lowest BCUT2D eigenvalue weighted by atomic mass is 10.0. The third kappa shape index (κ3) is 2.98. The van der Waals surface area contributed by atoms with Crippen LogP contribution in [-0.2, 0) is 6.42 Å². The molecular formula is C11H19N3OS. The molecule has 2 heterocycles. The van der Waals surface area contributed by atoms with Crippen molar-refractivity contribution >= 4 is 11.8 Å². The van der Waals surface area contributed by atoms with Crippen molar-refractivity contribution in [2.24, 2.45) is 5.92 Å². The lowest BCUT2D eigenvalue weighted by Crippen LogP contribution is -2.15. The van der Waals surface area contributed by atoms with Crippen LogP contribution in [0.1, 0.15) is 37.5 Å². The highest BCUT2D eigenvalue weighted by atomic mass is 32.2. The first-order valence-corrected chi connectivity index (χ1v) is 7.02. The van der Waals surface area contributed by atoms with Gasteiger partial charge in [0, 0.05) is 6.42 Å². The van der Waals surface area contributed by atoms with Crippen LogP contribution in [0.15, 0.2) is 4.52 Å². The first-order chi connectivity index (χ1) is 7.79. The Hall–Kier alpha value is -0.550. The van der Waals surface area contributed by atoms with Crippen LogP contribution in [0.2, 0.25) is 0 Å². The Labute approximate surface area is 101 Å². The fourth-order valence-electron chi connectivity index (χ4n) is 1.87. The van der Waals surface area contributed by atoms with E-state index >= 15 is 0 Å². The molecule has 2 rings (SSSR count). The van der Waals surface area contributed by atoms with E-state index in [9.17, 15) is 0 Å². The molecule has 1 aromatic heterocycles. The zero-order chi connectivity index (χ0) is 11.4. The van der Waals surface area contributed by atoms with E-state index in [2.05, 4.69) is 15.5 Å². The maximum Gasteiger partial charge on any atom is 0.227 e. The van der Waals surface area contributed by atoms with Gasteiger partial charge in [0.05, 0.1) is 6.04 Å². The SMILES string of the molecule is CNC(C)c1noc(CC2CCCSC2)n1. The summed E-state index contributed by atoms with van der Waals surface area (Å²) in [6, 6.07) is 0.165. The Kier molecular flexibility index (Phi) is 4.23. The molecule has 1 aliphatic rings. The highest BCUT2D eigenvalue weighted by Gasteiger charge is 2.18. The minimum atomic E-state index is 0.165. The van der Waals surface area contributed by atoms with Crippen molar-refractivity contribution in [3.05, 3.63) is 11.7 Å². The molecule has 1 fully saturated rings. The van der Waals surface area contributed by atoms with Crippen molar-refractivity contribution in [3.8, 4) is 0 Å². The van der Waals surface area contributed by atoms with E-state index in [-0.39, 0.29) is 6.04 Å². The average Bonchev–Trinajstić information content (AvgIpc) is 2.78. The van der Waals surface area contributed by atoms with Crippen LogP contribution >= 0.6 is 11.8 Å². The minimum Gasteiger partial charge on any atom is -0.339 e. The van der Waals surface area contributed by atoms with E-state index < -0.39 is 0 Å². The molecule has 0 amide bonds. The van der Waals surface area contributed by atoms with Crippen molar-refractivity contribution in [3.63, 3.8) is 0 Å². The van der Waals surface area contributed by atoms with Gasteiger partial charge in [-0.25, -0.2) is 0 Å². The second-order valence-corrected chi connectivity index (χ2v) is 5.49. The Bertz CT molecular complexity index is 323. The standard InChI is InChI=1S/C11H19N3OS/c1-8(12-2)11-13-10(15-14-11)6-9-4-3-5-16-7-9/h8-9,12H,3-7H2,1-2H3. The fraction of sp³-hybridized carbons (Fsp3) is 0.818. The number of hydrogen-bond acceptors (Lipinski definition) is 5. The van der Waals surface area contributed by atoms with Crippen LogP contribution in [0.3, 0.4) is 0 Å². The van der Waals surface area contributed by atoms with Crippen LogP contribution in [-0.4, -0.2) is 28.7 Å². The quantitative estimate of drug-likeness (QED) is 0.874. The van der Waals surface area contributed by atoms with Crippen LogP contribution in [0.25, 0.3) is 0 Å². The number of nitrogens with one attached hydrogen (secondary N) is 1. The summed E-state index contributed by atoms with van der Waals surface area (Å²) in [6.07, 6.45) is 3.56. The molecule has 0 spiro atoms. The molecule has 2 atom stereocenters. The molecule has 0 aliphatic carbocycles. The molecule has 2 unspecified atom stereocenters. The van der Waals surface area contributed by atoms with Crippen molar-refractivity contribution < 1.29 is 4.52 Å². The Morgan fingerprint density at radius 3 is 3.19 bits per heavy atom. The van der Waals surface area contributed by atoms with E-state index in [1.807, 2.05) is 25.7 Å². The zero-order valence-electron chi connectivity index (χ0n) is 9.90. The van der Waals surface area contributed by atoms with Gasteiger partial charge in [0.1, 0.15) is 0 Å². The Morgan fingerprint density at radius 1 is 1.62 bits per heavy atom. The number of hydrogen-bond donors (Lipinski definition) is 1. The summed E-state index contributed by atoms with van der Waals surface area (Å²) in [5.41, 5.74) is 0. The van der Waals surface area contributed by atoms with E-state index in [0.717, 1.165) is 24.1 Å². The minimum absolute atomic E-state index is 0.165. The van der Waals surface area contributed by atoms with E-state index in [0.29, 0.717) is 0 Å². The van der Waals surface area contributed by atoms with Gasteiger partial charge in [-0.1, -0.05) is 5.16 Å². The summed E-state index contributed by atoms with van der Waals surface area (Å²) < 4.78 is 5.28. The van der Waals surface area contributed by atoms with Crippen LogP contribution in [0, 0.1) is 5.92 Å². The summed E-state index contributed by atoms with van der Waals surface area (Å²) in [5, 5.41) is 7.11. The summed E-state index contributed by atoms with van der Waals surface area (Å²) in [5.74, 6) is 4.82. The van der Waals surface area contributed by atoms with Crippen molar-refractivity contribution in [2.75, 3.05) is 18.6 Å². The molecule has 1 saturated heterocycles. The molecule has 5 heteroatoms. The molecule has 1 aliphatic heterocycles. The molecule has 1 aromatic rings. The smallest absolute Gasteiger partial charge is 0.227 e. The van der Waals surface area contributed by atoms with Crippen molar-refractivity contribution in [1.29, 1.82) is 0 Å². The number of rotatable bonds is 4. The predicted molar refractivity (Wildman–Crippen MR) is 65.5 cm³/mol. The van der Waals surface area contributed by atoms with Gasteiger partial charge in [0.25, 0.3) is 0 Å². The normalized spacial score (nSPS) is 23.2. The average molecular weight is 241 g/mol. The first-order valence-electron chi connectivity index (χ1n) is 5.87. The zero-order valence-corrected chi connectivity index (χ0v) is 10.7. The maximum atomic E-state index is 5.28. The molecule has 0 bridgehead atoms. The highest BCUT2D eigenvalue weighted by Crippen LogP contribution is 2.25. The van der Waals surface area contributed by atoms with Gasteiger partial charge in [-0.15, -0.1) is 0 Å². The second-order valence-electron chi connectivity index (χ2n) is 4.34. The number of thioether (sulfide) groups is 1. The fourth-order valence-corrected chi connectivity index (χ4v) is 3.03. The summed E-state index contributed by atoms with van der Waals surface area (Å²) >= 11 is 2.04. The third-order valence-electron chi connectivity index (χ3n) is 3.02. The van der Waals surface area contributed by atoms with E-state index in [4.69, 9.17) is 4.52 Å². The monoisotopic (exact) mass is 241 g/mol. The maximum absolute atomic E-state index is 5.28. The van der Waals surface area contributed by atoms with Gasteiger partial charge in [-0.05, 0) is 44.2 Å². The number of nitrogens with zero attached hydrogens (tertiary/aromatic N) is 2. The van der Waals surface area contributed by atoms with Crippen LogP contribution in [0.5, 0.6) is 0 Å². The van der Waals surface area contributed by atoms with Gasteiger partial charge in [0.2, 0.25) is 5.89 Å². The summed E-state index contributed by atoms with van der Waals surface area (Å²) in [4.78, 5) is 4.43. The largest absolute Gasteiger partial charge is 0.339 e. The lowest BCUT2D eigenvalue weighted by molar-refractivity contribution is 0.346. The van der Waals surface area contributed by atoms with Gasteiger partial charge < -0.3 is 9.84 Å².